The van der Waals surface area contributed by atoms with Crippen LogP contribution in [0.2, 0.25) is 0 Å². The zero-order valence-electron chi connectivity index (χ0n) is 11.7. The molecule has 0 aliphatic rings. The molecule has 21 heavy (non-hydrogen) atoms. The summed E-state index contributed by atoms with van der Waals surface area (Å²) >= 11 is 0. The van der Waals surface area contributed by atoms with E-state index in [0.29, 0.717) is 22.6 Å². The van der Waals surface area contributed by atoms with E-state index in [4.69, 9.17) is 5.73 Å². The van der Waals surface area contributed by atoms with E-state index in [2.05, 4.69) is 20.4 Å². The summed E-state index contributed by atoms with van der Waals surface area (Å²) in [6.45, 7) is 3.71. The monoisotopic (exact) mass is 283 g/mol. The normalized spacial score (nSPS) is 10.8. The van der Waals surface area contributed by atoms with Crippen LogP contribution in [0.4, 0.5) is 10.2 Å². The highest BCUT2D eigenvalue weighted by molar-refractivity contribution is 5.88. The van der Waals surface area contributed by atoms with Crippen LogP contribution in [0, 0.1) is 19.7 Å². The topological polar surface area (TPSA) is 80.5 Å². The Morgan fingerprint density at radius 3 is 2.71 bits per heavy atom. The smallest absolute Gasteiger partial charge is 0.153 e. The van der Waals surface area contributed by atoms with Gasteiger partial charge >= 0.3 is 0 Å². The highest BCUT2D eigenvalue weighted by Gasteiger charge is 2.17. The molecule has 0 unspecified atom stereocenters. The van der Waals surface area contributed by atoms with Gasteiger partial charge in [-0.05, 0) is 37.6 Å². The number of rotatable bonds is 2. The number of aromatic nitrogens is 4. The molecule has 3 aromatic rings. The second kappa shape index (κ2) is 4.97. The average molecular weight is 283 g/mol. The maximum absolute atomic E-state index is 13.5. The minimum absolute atomic E-state index is 0.320. The number of H-pyrrole nitrogens is 1. The molecule has 2 heterocycles. The SMILES string of the molecule is Cc1cc(-c2[nH]nc(N)c2-c2cccc(F)c2)c(C)nn1. The van der Waals surface area contributed by atoms with E-state index in [1.165, 1.54) is 12.1 Å². The van der Waals surface area contributed by atoms with Crippen LogP contribution in [0.5, 0.6) is 0 Å². The zero-order valence-corrected chi connectivity index (χ0v) is 11.7. The maximum atomic E-state index is 13.5. The number of benzene rings is 1. The first kappa shape index (κ1) is 13.2. The molecule has 5 nitrogen and oxygen atoms in total. The Labute approximate surface area is 121 Å². The molecule has 106 valence electrons. The lowest BCUT2D eigenvalue weighted by atomic mass is 10.00. The number of nitrogens with zero attached hydrogens (tertiary/aromatic N) is 3. The number of hydrogen-bond donors (Lipinski definition) is 2. The summed E-state index contributed by atoms with van der Waals surface area (Å²) in [6, 6.07) is 8.16. The van der Waals surface area contributed by atoms with E-state index in [1.807, 2.05) is 19.9 Å². The molecule has 0 amide bonds. The number of nitrogens with two attached hydrogens (primary N) is 1. The van der Waals surface area contributed by atoms with Crippen LogP contribution in [-0.2, 0) is 0 Å². The molecule has 0 atom stereocenters. The summed E-state index contributed by atoms with van der Waals surface area (Å²) in [5, 5.41) is 15.1. The van der Waals surface area contributed by atoms with Crippen molar-refractivity contribution in [1.29, 1.82) is 0 Å². The Morgan fingerprint density at radius 1 is 1.14 bits per heavy atom. The van der Waals surface area contributed by atoms with Gasteiger partial charge in [-0.3, -0.25) is 5.10 Å². The van der Waals surface area contributed by atoms with Crippen molar-refractivity contribution in [3.8, 4) is 22.4 Å². The van der Waals surface area contributed by atoms with Gasteiger partial charge in [0.25, 0.3) is 0 Å². The van der Waals surface area contributed by atoms with E-state index in [-0.39, 0.29) is 5.82 Å². The average Bonchev–Trinajstić information content (AvgIpc) is 2.83. The zero-order chi connectivity index (χ0) is 15.0. The molecule has 1 aromatic carbocycles. The van der Waals surface area contributed by atoms with Crippen molar-refractivity contribution < 1.29 is 4.39 Å². The first-order valence-corrected chi connectivity index (χ1v) is 6.47. The minimum atomic E-state index is -0.320. The van der Waals surface area contributed by atoms with E-state index in [0.717, 1.165) is 17.0 Å². The summed E-state index contributed by atoms with van der Waals surface area (Å²) in [6.07, 6.45) is 0. The summed E-state index contributed by atoms with van der Waals surface area (Å²) < 4.78 is 13.5. The Balaban J connectivity index is 2.24. The maximum Gasteiger partial charge on any atom is 0.153 e. The first-order valence-electron chi connectivity index (χ1n) is 6.47. The lowest BCUT2D eigenvalue weighted by molar-refractivity contribution is 0.628. The predicted molar refractivity (Wildman–Crippen MR) is 78.9 cm³/mol. The number of nitrogens with one attached hydrogen (secondary N) is 1. The number of aryl methyl sites for hydroxylation is 2. The Morgan fingerprint density at radius 2 is 1.95 bits per heavy atom. The van der Waals surface area contributed by atoms with Gasteiger partial charge in [0.2, 0.25) is 0 Å². The standard InChI is InChI=1S/C15H14FN5/c1-8-6-12(9(2)19-18-8)14-13(15(17)21-20-14)10-4-3-5-11(16)7-10/h3-7H,1-2H3,(H3,17,20,21). The lowest BCUT2D eigenvalue weighted by Crippen LogP contribution is -1.95. The first-order chi connectivity index (χ1) is 10.1. The highest BCUT2D eigenvalue weighted by atomic mass is 19.1. The van der Waals surface area contributed by atoms with Crippen molar-refractivity contribution in [3.05, 3.63) is 47.5 Å². The van der Waals surface area contributed by atoms with Crippen molar-refractivity contribution in [2.75, 3.05) is 5.73 Å². The second-order valence-electron chi connectivity index (χ2n) is 4.85. The van der Waals surface area contributed by atoms with Crippen molar-refractivity contribution in [1.82, 2.24) is 20.4 Å². The summed E-state index contributed by atoms with van der Waals surface area (Å²) in [7, 11) is 0. The fourth-order valence-corrected chi connectivity index (χ4v) is 2.29. The molecule has 0 bridgehead atoms. The number of aromatic amines is 1. The van der Waals surface area contributed by atoms with Crippen molar-refractivity contribution in [3.63, 3.8) is 0 Å². The molecule has 2 aromatic heterocycles. The van der Waals surface area contributed by atoms with Crippen molar-refractivity contribution >= 4 is 5.82 Å². The van der Waals surface area contributed by atoms with Gasteiger partial charge in [-0.2, -0.15) is 15.3 Å². The van der Waals surface area contributed by atoms with Crippen LogP contribution in [0.1, 0.15) is 11.4 Å². The van der Waals surface area contributed by atoms with Gasteiger partial charge in [-0.1, -0.05) is 12.1 Å². The summed E-state index contributed by atoms with van der Waals surface area (Å²) in [5.74, 6) is 0.00395. The third-order valence-corrected chi connectivity index (χ3v) is 3.28. The largest absolute Gasteiger partial charge is 0.382 e. The molecule has 0 aliphatic carbocycles. The van der Waals surface area contributed by atoms with Gasteiger partial charge in [0, 0.05) is 5.56 Å². The van der Waals surface area contributed by atoms with Crippen LogP contribution in [0.3, 0.4) is 0 Å². The van der Waals surface area contributed by atoms with E-state index >= 15 is 0 Å². The third kappa shape index (κ3) is 2.35. The molecule has 0 fully saturated rings. The van der Waals surface area contributed by atoms with E-state index < -0.39 is 0 Å². The Bertz CT molecular complexity index is 810. The Kier molecular flexibility index (Phi) is 3.13. The summed E-state index contributed by atoms with van der Waals surface area (Å²) in [4.78, 5) is 0. The predicted octanol–water partition coefficient (Wildman–Crippen LogP) is 2.87. The van der Waals surface area contributed by atoms with Crippen molar-refractivity contribution in [2.24, 2.45) is 0 Å². The van der Waals surface area contributed by atoms with Crippen molar-refractivity contribution in [2.45, 2.75) is 13.8 Å². The fourth-order valence-electron chi connectivity index (χ4n) is 2.29. The molecule has 0 saturated heterocycles. The molecule has 0 saturated carbocycles. The molecular formula is C15H14FN5. The molecular weight excluding hydrogens is 269 g/mol. The van der Waals surface area contributed by atoms with Gasteiger partial charge in [-0.15, -0.1) is 0 Å². The van der Waals surface area contributed by atoms with Gasteiger partial charge in [0.05, 0.1) is 22.6 Å². The number of hydrogen-bond acceptors (Lipinski definition) is 4. The minimum Gasteiger partial charge on any atom is -0.382 e. The van der Waals surface area contributed by atoms with Crippen LogP contribution in [0.15, 0.2) is 30.3 Å². The van der Waals surface area contributed by atoms with E-state index in [9.17, 15) is 4.39 Å². The Hall–Kier alpha value is -2.76. The summed E-state index contributed by atoms with van der Waals surface area (Å²) in [5.41, 5.74) is 10.4. The highest BCUT2D eigenvalue weighted by Crippen LogP contribution is 2.35. The molecule has 6 heteroatoms. The molecule has 3 N–H and O–H groups in total. The van der Waals surface area contributed by atoms with Crippen LogP contribution < -0.4 is 5.73 Å². The molecule has 0 spiro atoms. The lowest BCUT2D eigenvalue weighted by Gasteiger charge is -2.07. The number of nitrogen functional groups attached to an aromatic ring is 1. The van der Waals surface area contributed by atoms with Gasteiger partial charge in [0.15, 0.2) is 5.82 Å². The van der Waals surface area contributed by atoms with Gasteiger partial charge in [0.1, 0.15) is 5.82 Å². The van der Waals surface area contributed by atoms with Crippen LogP contribution in [-0.4, -0.2) is 20.4 Å². The second-order valence-corrected chi connectivity index (χ2v) is 4.85. The quantitative estimate of drug-likeness (QED) is 0.757. The number of anilines is 1. The third-order valence-electron chi connectivity index (χ3n) is 3.28. The van der Waals surface area contributed by atoms with Gasteiger partial charge < -0.3 is 5.73 Å². The molecule has 0 radical (unpaired) electrons. The molecule has 0 aliphatic heterocycles. The van der Waals surface area contributed by atoms with E-state index in [1.54, 1.807) is 12.1 Å². The van der Waals surface area contributed by atoms with Gasteiger partial charge in [-0.25, -0.2) is 4.39 Å². The fraction of sp³-hybridized carbons (Fsp3) is 0.133. The molecule has 3 rings (SSSR count). The van der Waals surface area contributed by atoms with Crippen LogP contribution >= 0.6 is 0 Å². The van der Waals surface area contributed by atoms with Crippen LogP contribution in [0.25, 0.3) is 22.4 Å². The number of halogens is 1.